The van der Waals surface area contributed by atoms with Crippen molar-refractivity contribution in [3.63, 3.8) is 0 Å². The average Bonchev–Trinajstić information content (AvgIpc) is 3.07. The molecule has 0 unspecified atom stereocenters. The minimum absolute atomic E-state index is 0.0382. The second kappa shape index (κ2) is 6.49. The Hall–Kier alpha value is -1.93. The van der Waals surface area contributed by atoms with Crippen molar-refractivity contribution < 1.29 is 19.4 Å². The topological polar surface area (TPSA) is 88.5 Å². The Morgan fingerprint density at radius 3 is 2.90 bits per heavy atom. The number of carboxylic acid groups (broad SMARTS) is 1. The van der Waals surface area contributed by atoms with Crippen molar-refractivity contribution in [3.05, 3.63) is 32.4 Å². The van der Waals surface area contributed by atoms with E-state index in [4.69, 9.17) is 9.84 Å². The molecule has 0 aromatic carbocycles. The molecule has 1 amide bonds. The molecule has 0 bridgehead atoms. The first-order valence-electron chi connectivity index (χ1n) is 5.69. The molecule has 0 aliphatic carbocycles. The van der Waals surface area contributed by atoms with Gasteiger partial charge in [-0.05, 0) is 11.4 Å². The van der Waals surface area contributed by atoms with Crippen LogP contribution >= 0.6 is 22.7 Å². The van der Waals surface area contributed by atoms with E-state index < -0.39 is 5.97 Å². The van der Waals surface area contributed by atoms with Crippen molar-refractivity contribution in [1.82, 2.24) is 10.3 Å². The van der Waals surface area contributed by atoms with E-state index in [-0.39, 0.29) is 11.6 Å². The zero-order valence-electron chi connectivity index (χ0n) is 10.6. The van der Waals surface area contributed by atoms with Gasteiger partial charge < -0.3 is 15.2 Å². The van der Waals surface area contributed by atoms with Gasteiger partial charge in [-0.1, -0.05) is 0 Å². The number of amides is 1. The van der Waals surface area contributed by atoms with Crippen molar-refractivity contribution in [2.75, 3.05) is 13.7 Å². The van der Waals surface area contributed by atoms with Crippen LogP contribution in [0.5, 0.6) is 5.75 Å². The van der Waals surface area contributed by atoms with Gasteiger partial charge in [0.25, 0.3) is 5.91 Å². The highest BCUT2D eigenvalue weighted by molar-refractivity contribution is 7.12. The van der Waals surface area contributed by atoms with Gasteiger partial charge in [-0.2, -0.15) is 0 Å². The number of thiazole rings is 1. The molecular formula is C12H12N2O4S2. The molecule has 2 aromatic heterocycles. The number of nitrogens with zero attached hydrogens (tertiary/aromatic N) is 1. The first-order chi connectivity index (χ1) is 9.61. The number of hydrogen-bond donors (Lipinski definition) is 2. The number of rotatable bonds is 6. The molecule has 2 aromatic rings. The van der Waals surface area contributed by atoms with Crippen molar-refractivity contribution in [1.29, 1.82) is 0 Å². The summed E-state index contributed by atoms with van der Waals surface area (Å²) in [5.41, 5.74) is 0.0382. The van der Waals surface area contributed by atoms with Crippen LogP contribution in [0.4, 0.5) is 0 Å². The summed E-state index contributed by atoms with van der Waals surface area (Å²) in [5, 5.41) is 15.5. The highest BCUT2D eigenvalue weighted by Crippen LogP contribution is 2.23. The molecule has 0 atom stereocenters. The third kappa shape index (κ3) is 3.34. The van der Waals surface area contributed by atoms with Gasteiger partial charge in [0.15, 0.2) is 5.69 Å². The maximum absolute atomic E-state index is 11.9. The largest absolute Gasteiger partial charge is 0.495 e. The monoisotopic (exact) mass is 312 g/mol. The molecule has 6 nitrogen and oxygen atoms in total. The quantitative estimate of drug-likeness (QED) is 0.850. The number of thiophene rings is 1. The Bertz CT molecular complexity index is 621. The van der Waals surface area contributed by atoms with Crippen LogP contribution in [0, 0.1) is 0 Å². The maximum atomic E-state index is 11.9. The highest BCUT2D eigenvalue weighted by Gasteiger charge is 2.14. The van der Waals surface area contributed by atoms with E-state index in [2.05, 4.69) is 10.3 Å². The lowest BCUT2D eigenvalue weighted by molar-refractivity contribution is 0.0690. The molecule has 106 valence electrons. The Kier molecular flexibility index (Phi) is 4.70. The van der Waals surface area contributed by atoms with E-state index in [0.29, 0.717) is 28.6 Å². The first-order valence-corrected chi connectivity index (χ1v) is 7.45. The van der Waals surface area contributed by atoms with Gasteiger partial charge in [0.05, 0.1) is 12.1 Å². The normalized spacial score (nSPS) is 10.2. The Morgan fingerprint density at radius 1 is 1.45 bits per heavy atom. The van der Waals surface area contributed by atoms with Crippen LogP contribution in [0.1, 0.15) is 25.2 Å². The summed E-state index contributed by atoms with van der Waals surface area (Å²) in [6.45, 7) is 0.395. The van der Waals surface area contributed by atoms with E-state index in [0.717, 1.165) is 0 Å². The lowest BCUT2D eigenvalue weighted by Crippen LogP contribution is -2.25. The van der Waals surface area contributed by atoms with Crippen LogP contribution < -0.4 is 10.1 Å². The summed E-state index contributed by atoms with van der Waals surface area (Å²) in [7, 11) is 1.52. The van der Waals surface area contributed by atoms with Crippen LogP contribution in [-0.4, -0.2) is 35.6 Å². The summed E-state index contributed by atoms with van der Waals surface area (Å²) in [4.78, 5) is 27.1. The maximum Gasteiger partial charge on any atom is 0.355 e. The number of aromatic nitrogens is 1. The molecule has 0 saturated heterocycles. The van der Waals surface area contributed by atoms with Crippen molar-refractivity contribution in [2.45, 2.75) is 6.42 Å². The van der Waals surface area contributed by atoms with Crippen LogP contribution in [0.2, 0.25) is 0 Å². The smallest absolute Gasteiger partial charge is 0.355 e. The van der Waals surface area contributed by atoms with E-state index in [1.54, 1.807) is 11.4 Å². The minimum atomic E-state index is -1.04. The van der Waals surface area contributed by atoms with Gasteiger partial charge in [-0.3, -0.25) is 4.79 Å². The fourth-order valence-corrected chi connectivity index (χ4v) is 3.06. The summed E-state index contributed by atoms with van der Waals surface area (Å²) in [5.74, 6) is -0.693. The van der Waals surface area contributed by atoms with Gasteiger partial charge in [-0.15, -0.1) is 22.7 Å². The van der Waals surface area contributed by atoms with Gasteiger partial charge in [-0.25, -0.2) is 9.78 Å². The number of ether oxygens (including phenoxy) is 1. The van der Waals surface area contributed by atoms with Crippen molar-refractivity contribution in [3.8, 4) is 5.75 Å². The zero-order chi connectivity index (χ0) is 14.5. The van der Waals surface area contributed by atoms with Crippen molar-refractivity contribution in [2.24, 2.45) is 0 Å². The van der Waals surface area contributed by atoms with Crippen LogP contribution in [0.15, 0.2) is 16.8 Å². The molecule has 2 N–H and O–H groups in total. The van der Waals surface area contributed by atoms with Gasteiger partial charge in [0.2, 0.25) is 0 Å². The zero-order valence-corrected chi connectivity index (χ0v) is 12.2. The second-order valence-corrected chi connectivity index (χ2v) is 5.61. The Labute approximate surface area is 123 Å². The van der Waals surface area contributed by atoms with E-state index >= 15 is 0 Å². The third-order valence-electron chi connectivity index (χ3n) is 2.45. The standard InChI is InChI=1S/C12H12N2O4S2/c1-18-8-3-5-19-10(8)11(15)13-4-2-9-14-7(6-20-9)12(16)17/h3,5-6H,2,4H2,1H3,(H,13,15)(H,16,17). The number of carboxylic acids is 1. The fourth-order valence-electron chi connectivity index (χ4n) is 1.51. The molecule has 0 saturated carbocycles. The Balaban J connectivity index is 1.86. The van der Waals surface area contributed by atoms with E-state index in [1.807, 2.05) is 0 Å². The summed E-state index contributed by atoms with van der Waals surface area (Å²) >= 11 is 2.58. The van der Waals surface area contributed by atoms with Crippen LogP contribution in [-0.2, 0) is 6.42 Å². The molecule has 8 heteroatoms. The molecule has 2 rings (SSSR count). The molecule has 2 heterocycles. The molecule has 0 aliphatic heterocycles. The van der Waals surface area contributed by atoms with Crippen molar-refractivity contribution >= 4 is 34.6 Å². The lowest BCUT2D eigenvalue weighted by Gasteiger charge is -2.04. The van der Waals surface area contributed by atoms with Gasteiger partial charge >= 0.3 is 5.97 Å². The third-order valence-corrected chi connectivity index (χ3v) is 4.25. The summed E-state index contributed by atoms with van der Waals surface area (Å²) in [6, 6.07) is 1.74. The van der Waals surface area contributed by atoms with Gasteiger partial charge in [0.1, 0.15) is 10.6 Å². The Morgan fingerprint density at radius 2 is 2.25 bits per heavy atom. The van der Waals surface area contributed by atoms with Crippen LogP contribution in [0.3, 0.4) is 0 Å². The number of methoxy groups -OCH3 is 1. The molecule has 0 aliphatic rings. The number of carbonyl (C=O) groups is 2. The van der Waals surface area contributed by atoms with E-state index in [1.165, 1.54) is 35.2 Å². The fraction of sp³-hybridized carbons (Fsp3) is 0.250. The highest BCUT2D eigenvalue weighted by atomic mass is 32.1. The molecule has 20 heavy (non-hydrogen) atoms. The first kappa shape index (κ1) is 14.5. The number of hydrogen-bond acceptors (Lipinski definition) is 6. The second-order valence-electron chi connectivity index (χ2n) is 3.76. The molecular weight excluding hydrogens is 300 g/mol. The van der Waals surface area contributed by atoms with Gasteiger partial charge in [0, 0.05) is 18.3 Å². The average molecular weight is 312 g/mol. The van der Waals surface area contributed by atoms with Crippen LogP contribution in [0.25, 0.3) is 0 Å². The number of carbonyl (C=O) groups excluding carboxylic acids is 1. The summed E-state index contributed by atoms with van der Waals surface area (Å²) in [6.07, 6.45) is 0.497. The number of nitrogens with one attached hydrogen (secondary N) is 1. The van der Waals surface area contributed by atoms with E-state index in [9.17, 15) is 9.59 Å². The molecule has 0 radical (unpaired) electrons. The predicted molar refractivity (Wildman–Crippen MR) is 76.0 cm³/mol. The molecule has 0 fully saturated rings. The minimum Gasteiger partial charge on any atom is -0.495 e. The summed E-state index contributed by atoms with van der Waals surface area (Å²) < 4.78 is 5.07. The SMILES string of the molecule is COc1ccsc1C(=O)NCCc1nc(C(=O)O)cs1. The predicted octanol–water partition coefficient (Wildman–Crippen LogP) is 1.88. The number of aromatic carboxylic acids is 1. The molecule has 0 spiro atoms. The lowest BCUT2D eigenvalue weighted by atomic mass is 10.3.